The number of rotatable bonds is 12. The van der Waals surface area contributed by atoms with Crippen LogP contribution < -0.4 is 0 Å². The van der Waals surface area contributed by atoms with Crippen molar-refractivity contribution in [1.29, 1.82) is 0 Å². The van der Waals surface area contributed by atoms with Crippen LogP contribution in [-0.2, 0) is 0 Å². The van der Waals surface area contributed by atoms with Crippen LogP contribution in [0.2, 0.25) is 0 Å². The maximum atomic E-state index is 3.13. The van der Waals surface area contributed by atoms with Crippen LogP contribution in [0.3, 0.4) is 0 Å². The van der Waals surface area contributed by atoms with Gasteiger partial charge in [-0.25, -0.2) is 0 Å². The second-order valence-corrected chi connectivity index (χ2v) is 5.49. The van der Waals surface area contributed by atoms with Crippen molar-refractivity contribution in [1.82, 2.24) is 4.90 Å². The Kier molecular flexibility index (Phi) is 15.4. The summed E-state index contributed by atoms with van der Waals surface area (Å²) in [7, 11) is 2.26. The summed E-state index contributed by atoms with van der Waals surface area (Å²) in [5.74, 6) is 12.2. The third kappa shape index (κ3) is 15.1. The molecule has 0 saturated carbocycles. The summed E-state index contributed by atoms with van der Waals surface area (Å²) in [5.41, 5.74) is 0. The van der Waals surface area contributed by atoms with Gasteiger partial charge in [-0.3, -0.25) is 0 Å². The summed E-state index contributed by atoms with van der Waals surface area (Å²) < 4.78 is 0. The highest BCUT2D eigenvalue weighted by atomic mass is 15.1. The highest BCUT2D eigenvalue weighted by Gasteiger charge is 1.98. The molecule has 0 unspecified atom stereocenters. The molecule has 0 spiro atoms. The van der Waals surface area contributed by atoms with Crippen LogP contribution in [0.5, 0.6) is 0 Å². The fourth-order valence-electron chi connectivity index (χ4n) is 2.26. The van der Waals surface area contributed by atoms with Gasteiger partial charge in [0.05, 0.1) is 0 Å². The molecule has 0 bridgehead atoms. The van der Waals surface area contributed by atoms with E-state index in [1.54, 1.807) is 0 Å². The summed E-state index contributed by atoms with van der Waals surface area (Å²) in [4.78, 5) is 2.48. The summed E-state index contributed by atoms with van der Waals surface area (Å²) in [6.07, 6.45) is 12.7. The number of nitrogens with zero attached hydrogens (tertiary/aromatic N) is 1. The zero-order valence-electron chi connectivity index (χ0n) is 13.9. The second kappa shape index (κ2) is 16.1. The summed E-state index contributed by atoms with van der Waals surface area (Å²) in [5, 5.41) is 0. The Morgan fingerprint density at radius 3 is 1.40 bits per heavy atom. The molecular formula is C19H33N. The van der Waals surface area contributed by atoms with Gasteiger partial charge in [0.25, 0.3) is 0 Å². The lowest BCUT2D eigenvalue weighted by atomic mass is 10.1. The summed E-state index contributed by atoms with van der Waals surface area (Å²) in [6.45, 7) is 6.35. The van der Waals surface area contributed by atoms with Gasteiger partial charge in [-0.05, 0) is 59.7 Å². The molecule has 114 valence electrons. The minimum Gasteiger partial charge on any atom is -0.306 e. The van der Waals surface area contributed by atoms with Crippen molar-refractivity contribution in [3.63, 3.8) is 0 Å². The first-order chi connectivity index (χ1) is 9.81. The van der Waals surface area contributed by atoms with Gasteiger partial charge in [0.2, 0.25) is 0 Å². The van der Waals surface area contributed by atoms with E-state index in [0.717, 1.165) is 12.8 Å². The van der Waals surface area contributed by atoms with Gasteiger partial charge in [0.1, 0.15) is 0 Å². The van der Waals surface area contributed by atoms with Crippen molar-refractivity contribution in [2.24, 2.45) is 0 Å². The predicted molar refractivity (Wildman–Crippen MR) is 90.6 cm³/mol. The van der Waals surface area contributed by atoms with Crippen LogP contribution in [-0.4, -0.2) is 25.0 Å². The molecule has 0 rings (SSSR count). The lowest BCUT2D eigenvalue weighted by molar-refractivity contribution is 0.315. The monoisotopic (exact) mass is 275 g/mol. The zero-order valence-corrected chi connectivity index (χ0v) is 13.9. The maximum absolute atomic E-state index is 3.13. The minimum atomic E-state index is 1.08. The number of unbranched alkanes of at least 4 members (excludes halogenated alkanes) is 8. The fraction of sp³-hybridized carbons (Fsp3) is 0.789. The molecule has 0 aromatic heterocycles. The van der Waals surface area contributed by atoms with Gasteiger partial charge < -0.3 is 4.90 Å². The highest BCUT2D eigenvalue weighted by Crippen LogP contribution is 2.06. The number of hydrogen-bond donors (Lipinski definition) is 0. The average molecular weight is 275 g/mol. The van der Waals surface area contributed by atoms with Crippen molar-refractivity contribution in [3.8, 4) is 23.7 Å². The molecule has 0 aromatic rings. The molecule has 0 radical (unpaired) electrons. The van der Waals surface area contributed by atoms with Gasteiger partial charge in [-0.1, -0.05) is 25.7 Å². The topological polar surface area (TPSA) is 3.24 Å². The van der Waals surface area contributed by atoms with Gasteiger partial charge in [0.15, 0.2) is 0 Å². The minimum absolute atomic E-state index is 1.08. The van der Waals surface area contributed by atoms with Crippen LogP contribution in [0.15, 0.2) is 0 Å². The summed E-state index contributed by atoms with van der Waals surface area (Å²) >= 11 is 0. The largest absolute Gasteiger partial charge is 0.306 e. The second-order valence-electron chi connectivity index (χ2n) is 5.49. The third-order valence-electron chi connectivity index (χ3n) is 3.54. The molecule has 1 nitrogen and oxygen atoms in total. The van der Waals surface area contributed by atoms with E-state index in [1.165, 1.54) is 64.5 Å². The molecule has 0 aliphatic rings. The van der Waals surface area contributed by atoms with E-state index in [2.05, 4.69) is 35.6 Å². The molecule has 0 aliphatic heterocycles. The van der Waals surface area contributed by atoms with Crippen LogP contribution in [0.4, 0.5) is 0 Å². The lowest BCUT2D eigenvalue weighted by Crippen LogP contribution is -2.20. The Labute approximate surface area is 127 Å². The van der Waals surface area contributed by atoms with E-state index in [1.807, 2.05) is 13.8 Å². The molecular weight excluding hydrogens is 242 g/mol. The molecule has 0 aromatic carbocycles. The van der Waals surface area contributed by atoms with Gasteiger partial charge in [0, 0.05) is 12.8 Å². The standard InChI is InChI=1S/C19H33N/c1-4-6-8-10-12-14-16-18-20(3)19-17-15-13-11-9-7-5-2/h8-19H2,1-3H3. The Balaban J connectivity index is 3.21. The highest BCUT2D eigenvalue weighted by molar-refractivity contribution is 4.94. The van der Waals surface area contributed by atoms with Crippen molar-refractivity contribution in [2.75, 3.05) is 20.1 Å². The van der Waals surface area contributed by atoms with E-state index in [4.69, 9.17) is 0 Å². The molecule has 1 heteroatoms. The van der Waals surface area contributed by atoms with Crippen LogP contribution in [0, 0.1) is 23.7 Å². The Hall–Kier alpha value is -0.920. The predicted octanol–water partition coefficient (Wildman–Crippen LogP) is 4.87. The molecule has 0 heterocycles. The quantitative estimate of drug-likeness (QED) is 0.363. The van der Waals surface area contributed by atoms with E-state index >= 15 is 0 Å². The Morgan fingerprint density at radius 1 is 0.600 bits per heavy atom. The fourth-order valence-corrected chi connectivity index (χ4v) is 2.26. The Bertz CT molecular complexity index is 278. The van der Waals surface area contributed by atoms with Gasteiger partial charge >= 0.3 is 0 Å². The average Bonchev–Trinajstić information content (AvgIpc) is 2.45. The Morgan fingerprint density at radius 2 is 1.00 bits per heavy atom. The van der Waals surface area contributed by atoms with Crippen LogP contribution in [0.25, 0.3) is 0 Å². The molecule has 20 heavy (non-hydrogen) atoms. The molecule has 0 fully saturated rings. The molecule has 0 saturated heterocycles. The molecule has 0 N–H and O–H groups in total. The van der Waals surface area contributed by atoms with E-state index < -0.39 is 0 Å². The lowest BCUT2D eigenvalue weighted by Gasteiger charge is -2.16. The first-order valence-corrected chi connectivity index (χ1v) is 8.29. The maximum Gasteiger partial charge on any atom is 0.00885 e. The molecule has 0 amide bonds. The smallest absolute Gasteiger partial charge is 0.00885 e. The van der Waals surface area contributed by atoms with E-state index in [0.29, 0.717) is 0 Å². The van der Waals surface area contributed by atoms with Crippen LogP contribution >= 0.6 is 0 Å². The first-order valence-electron chi connectivity index (χ1n) is 8.29. The van der Waals surface area contributed by atoms with Gasteiger partial charge in [-0.2, -0.15) is 0 Å². The first kappa shape index (κ1) is 19.1. The zero-order chi connectivity index (χ0) is 14.9. The number of hydrogen-bond acceptors (Lipinski definition) is 1. The van der Waals surface area contributed by atoms with Crippen molar-refractivity contribution >= 4 is 0 Å². The van der Waals surface area contributed by atoms with Crippen LogP contribution in [0.1, 0.15) is 78.1 Å². The van der Waals surface area contributed by atoms with Crippen molar-refractivity contribution in [2.45, 2.75) is 78.1 Å². The van der Waals surface area contributed by atoms with Crippen molar-refractivity contribution < 1.29 is 0 Å². The molecule has 0 aliphatic carbocycles. The van der Waals surface area contributed by atoms with E-state index in [-0.39, 0.29) is 0 Å². The normalized spacial score (nSPS) is 9.80. The third-order valence-corrected chi connectivity index (χ3v) is 3.54. The van der Waals surface area contributed by atoms with Gasteiger partial charge in [-0.15, -0.1) is 23.7 Å². The SMILES string of the molecule is CC#CCCCCCCN(C)CCCCCCC#CC. The molecule has 0 atom stereocenters. The van der Waals surface area contributed by atoms with E-state index in [9.17, 15) is 0 Å². The summed E-state index contributed by atoms with van der Waals surface area (Å²) in [6, 6.07) is 0. The van der Waals surface area contributed by atoms with Crippen molar-refractivity contribution in [3.05, 3.63) is 0 Å².